The summed E-state index contributed by atoms with van der Waals surface area (Å²) in [6, 6.07) is 0. The van der Waals surface area contributed by atoms with E-state index in [2.05, 4.69) is 50.0 Å². The van der Waals surface area contributed by atoms with Crippen LogP contribution in [0.3, 0.4) is 0 Å². The number of aliphatic imine (C=N–C) groups is 1. The first-order valence-corrected chi connectivity index (χ1v) is 8.40. The molecule has 0 saturated carbocycles. The van der Waals surface area contributed by atoms with Gasteiger partial charge in [0.2, 0.25) is 0 Å². The van der Waals surface area contributed by atoms with Gasteiger partial charge >= 0.3 is 0 Å². The van der Waals surface area contributed by atoms with Gasteiger partial charge in [-0.3, -0.25) is 0 Å². The van der Waals surface area contributed by atoms with E-state index in [1.54, 1.807) is 17.7 Å². The fourth-order valence-corrected chi connectivity index (χ4v) is 2.64. The van der Waals surface area contributed by atoms with E-state index < -0.39 is 0 Å². The van der Waals surface area contributed by atoms with E-state index in [9.17, 15) is 0 Å². The van der Waals surface area contributed by atoms with E-state index in [-0.39, 0.29) is 0 Å². The van der Waals surface area contributed by atoms with Crippen LogP contribution in [-0.2, 0) is 19.5 Å². The van der Waals surface area contributed by atoms with E-state index in [1.807, 2.05) is 11.5 Å². The third kappa shape index (κ3) is 4.80. The summed E-state index contributed by atoms with van der Waals surface area (Å²) in [5.41, 5.74) is 1.12. The first-order valence-electron chi connectivity index (χ1n) is 7.52. The van der Waals surface area contributed by atoms with Crippen LogP contribution in [0.4, 0.5) is 0 Å². The summed E-state index contributed by atoms with van der Waals surface area (Å²) in [7, 11) is 0. The van der Waals surface area contributed by atoms with Crippen molar-refractivity contribution in [2.24, 2.45) is 4.99 Å². The molecule has 0 radical (unpaired) electrons. The molecule has 0 spiro atoms. The van der Waals surface area contributed by atoms with Crippen LogP contribution in [0.25, 0.3) is 0 Å². The SMILES string of the molecule is CCNC(=NCc1nncn1CC)NCCc1csc(C)n1. The Bertz CT molecular complexity index is 602. The lowest BCUT2D eigenvalue weighted by Crippen LogP contribution is -2.38. The lowest BCUT2D eigenvalue weighted by atomic mass is 10.3. The Hall–Kier alpha value is -1.96. The first-order chi connectivity index (χ1) is 10.7. The number of thiazole rings is 1. The molecule has 0 unspecified atom stereocenters. The average molecular weight is 321 g/mol. The molecule has 0 aliphatic rings. The maximum atomic E-state index is 4.55. The van der Waals surface area contributed by atoms with Gasteiger partial charge in [0.1, 0.15) is 12.9 Å². The number of aryl methyl sites for hydroxylation is 2. The number of nitrogens with one attached hydrogen (secondary N) is 2. The van der Waals surface area contributed by atoms with E-state index in [4.69, 9.17) is 0 Å². The van der Waals surface area contributed by atoms with Crippen LogP contribution in [0.1, 0.15) is 30.4 Å². The Kier molecular flexibility index (Phi) is 6.32. The smallest absolute Gasteiger partial charge is 0.191 e. The minimum atomic E-state index is 0.513. The van der Waals surface area contributed by atoms with Crippen LogP contribution in [0.2, 0.25) is 0 Å². The van der Waals surface area contributed by atoms with Crippen LogP contribution in [-0.4, -0.2) is 38.8 Å². The summed E-state index contributed by atoms with van der Waals surface area (Å²) in [4.78, 5) is 9.01. The molecule has 120 valence electrons. The third-order valence-corrected chi connectivity index (χ3v) is 3.92. The van der Waals surface area contributed by atoms with Gasteiger partial charge in [-0.2, -0.15) is 0 Å². The summed E-state index contributed by atoms with van der Waals surface area (Å²) in [6.07, 6.45) is 2.62. The molecule has 2 rings (SSSR count). The van der Waals surface area contributed by atoms with Crippen molar-refractivity contribution in [2.45, 2.75) is 40.3 Å². The Balaban J connectivity index is 1.87. The topological polar surface area (TPSA) is 80.0 Å². The molecule has 8 heteroatoms. The van der Waals surface area contributed by atoms with Gasteiger partial charge < -0.3 is 15.2 Å². The largest absolute Gasteiger partial charge is 0.357 e. The fourth-order valence-electron chi connectivity index (χ4n) is 1.99. The lowest BCUT2D eigenvalue weighted by molar-refractivity contribution is 0.693. The zero-order chi connectivity index (χ0) is 15.8. The summed E-state index contributed by atoms with van der Waals surface area (Å²) < 4.78 is 1.99. The fraction of sp³-hybridized carbons (Fsp3) is 0.571. The Labute approximate surface area is 134 Å². The van der Waals surface area contributed by atoms with Gasteiger partial charge in [-0.1, -0.05) is 0 Å². The first kappa shape index (κ1) is 16.4. The molecule has 2 N–H and O–H groups in total. The van der Waals surface area contributed by atoms with Gasteiger partial charge in [-0.15, -0.1) is 21.5 Å². The predicted molar refractivity (Wildman–Crippen MR) is 89.1 cm³/mol. The molecule has 0 aliphatic heterocycles. The van der Waals surface area contributed by atoms with Gasteiger partial charge in [-0.05, 0) is 20.8 Å². The van der Waals surface area contributed by atoms with Crippen molar-refractivity contribution in [3.05, 3.63) is 28.2 Å². The maximum absolute atomic E-state index is 4.55. The molecule has 22 heavy (non-hydrogen) atoms. The summed E-state index contributed by atoms with van der Waals surface area (Å²) in [6.45, 7) is 9.13. The molecule has 0 bridgehead atoms. The van der Waals surface area contributed by atoms with Gasteiger partial charge in [0.05, 0.1) is 10.7 Å². The molecule has 2 heterocycles. The monoisotopic (exact) mass is 321 g/mol. The van der Waals surface area contributed by atoms with Gasteiger partial charge in [-0.25, -0.2) is 9.98 Å². The van der Waals surface area contributed by atoms with Crippen molar-refractivity contribution in [3.8, 4) is 0 Å². The van der Waals surface area contributed by atoms with Crippen molar-refractivity contribution >= 4 is 17.3 Å². The van der Waals surface area contributed by atoms with Crippen molar-refractivity contribution in [1.82, 2.24) is 30.4 Å². The third-order valence-electron chi connectivity index (χ3n) is 3.10. The van der Waals surface area contributed by atoms with Crippen molar-refractivity contribution in [2.75, 3.05) is 13.1 Å². The second-order valence-corrected chi connectivity index (χ2v) is 5.83. The molecule has 0 atom stereocenters. The van der Waals surface area contributed by atoms with Gasteiger partial charge in [0, 0.05) is 31.4 Å². The van der Waals surface area contributed by atoms with E-state index in [1.165, 1.54) is 0 Å². The van der Waals surface area contributed by atoms with E-state index >= 15 is 0 Å². The van der Waals surface area contributed by atoms with Crippen LogP contribution >= 0.6 is 11.3 Å². The summed E-state index contributed by atoms with van der Waals surface area (Å²) in [5, 5.41) is 17.8. The van der Waals surface area contributed by atoms with Crippen molar-refractivity contribution in [1.29, 1.82) is 0 Å². The maximum Gasteiger partial charge on any atom is 0.191 e. The molecule has 2 aromatic heterocycles. The molecule has 2 aromatic rings. The Morgan fingerprint density at radius 3 is 2.91 bits per heavy atom. The number of rotatable bonds is 7. The predicted octanol–water partition coefficient (Wildman–Crippen LogP) is 1.36. The number of nitrogens with zero attached hydrogens (tertiary/aromatic N) is 5. The minimum absolute atomic E-state index is 0.513. The molecule has 0 aromatic carbocycles. The highest BCUT2D eigenvalue weighted by Gasteiger charge is 2.04. The minimum Gasteiger partial charge on any atom is -0.357 e. The molecular formula is C14H23N7S. The second-order valence-electron chi connectivity index (χ2n) is 4.76. The van der Waals surface area contributed by atoms with Gasteiger partial charge in [0.25, 0.3) is 0 Å². The number of hydrogen-bond acceptors (Lipinski definition) is 5. The molecule has 7 nitrogen and oxygen atoms in total. The molecule has 0 aliphatic carbocycles. The highest BCUT2D eigenvalue weighted by molar-refractivity contribution is 7.09. The number of guanidine groups is 1. The number of hydrogen-bond donors (Lipinski definition) is 2. The Morgan fingerprint density at radius 1 is 1.36 bits per heavy atom. The quantitative estimate of drug-likeness (QED) is 0.594. The highest BCUT2D eigenvalue weighted by atomic mass is 32.1. The van der Waals surface area contributed by atoms with Crippen LogP contribution in [0.5, 0.6) is 0 Å². The van der Waals surface area contributed by atoms with Crippen molar-refractivity contribution in [3.63, 3.8) is 0 Å². The van der Waals surface area contributed by atoms with Crippen LogP contribution < -0.4 is 10.6 Å². The molecular weight excluding hydrogens is 298 g/mol. The standard InChI is InChI=1S/C14H23N7S/c1-4-15-14(16-7-6-12-9-22-11(3)19-12)17-8-13-20-18-10-21(13)5-2/h9-10H,4-8H2,1-3H3,(H2,15,16,17). The molecule has 0 fully saturated rings. The zero-order valence-corrected chi connectivity index (χ0v) is 14.2. The normalized spacial score (nSPS) is 11.7. The van der Waals surface area contributed by atoms with E-state index in [0.29, 0.717) is 6.54 Å². The molecule has 0 saturated heterocycles. The summed E-state index contributed by atoms with van der Waals surface area (Å²) >= 11 is 1.68. The zero-order valence-electron chi connectivity index (χ0n) is 13.3. The highest BCUT2D eigenvalue weighted by Crippen LogP contribution is 2.07. The van der Waals surface area contributed by atoms with Crippen molar-refractivity contribution < 1.29 is 0 Å². The summed E-state index contributed by atoms with van der Waals surface area (Å²) in [5.74, 6) is 1.66. The number of aromatic nitrogens is 4. The second kappa shape index (κ2) is 8.47. The lowest BCUT2D eigenvalue weighted by Gasteiger charge is -2.10. The van der Waals surface area contributed by atoms with Crippen LogP contribution in [0, 0.1) is 6.92 Å². The van der Waals surface area contributed by atoms with Gasteiger partial charge in [0.15, 0.2) is 11.8 Å². The van der Waals surface area contributed by atoms with Crippen LogP contribution in [0.15, 0.2) is 16.7 Å². The molecule has 0 amide bonds. The average Bonchev–Trinajstić information content (AvgIpc) is 3.13. The van der Waals surface area contributed by atoms with E-state index in [0.717, 1.165) is 48.5 Å². The Morgan fingerprint density at radius 2 is 2.23 bits per heavy atom.